The van der Waals surface area contributed by atoms with Crippen LogP contribution in [-0.4, -0.2) is 38.6 Å². The van der Waals surface area contributed by atoms with Crippen LogP contribution in [-0.2, 0) is 6.54 Å². The Bertz CT molecular complexity index is 414. The van der Waals surface area contributed by atoms with E-state index < -0.39 is 0 Å². The van der Waals surface area contributed by atoms with E-state index in [1.165, 1.54) is 32.0 Å². The van der Waals surface area contributed by atoms with Crippen LogP contribution in [0.2, 0.25) is 0 Å². The molecular weight excluding hydrogens is 241 g/mol. The summed E-state index contributed by atoms with van der Waals surface area (Å²) in [5, 5.41) is 0. The van der Waals surface area contributed by atoms with E-state index in [-0.39, 0.29) is 5.82 Å². The van der Waals surface area contributed by atoms with Gasteiger partial charge in [0.15, 0.2) is 0 Å². The van der Waals surface area contributed by atoms with Crippen molar-refractivity contribution in [3.63, 3.8) is 0 Å². The monoisotopic (exact) mass is 265 g/mol. The number of benzene rings is 1. The third kappa shape index (κ3) is 3.67. The van der Waals surface area contributed by atoms with Gasteiger partial charge in [-0.05, 0) is 62.7 Å². The van der Waals surface area contributed by atoms with E-state index in [0.29, 0.717) is 6.54 Å². The summed E-state index contributed by atoms with van der Waals surface area (Å²) in [5.74, 6) is 0.508. The Hall–Kier alpha value is -1.13. The molecule has 0 radical (unpaired) electrons. The van der Waals surface area contributed by atoms with E-state index in [9.17, 15) is 4.39 Å². The summed E-state index contributed by atoms with van der Waals surface area (Å²) in [6.45, 7) is 3.74. The summed E-state index contributed by atoms with van der Waals surface area (Å²) < 4.78 is 13.2. The first-order chi connectivity index (χ1) is 9.10. The minimum atomic E-state index is -0.211. The van der Waals surface area contributed by atoms with Crippen molar-refractivity contribution in [2.45, 2.75) is 19.4 Å². The van der Waals surface area contributed by atoms with Crippen LogP contribution in [0.15, 0.2) is 18.2 Å². The van der Waals surface area contributed by atoms with Gasteiger partial charge in [0.1, 0.15) is 5.82 Å². The molecule has 0 saturated carbocycles. The normalized spacial score (nSPS) is 17.7. The Balaban J connectivity index is 2.01. The van der Waals surface area contributed by atoms with Crippen LogP contribution in [0.1, 0.15) is 18.4 Å². The molecule has 1 heterocycles. The molecule has 0 unspecified atom stereocenters. The fourth-order valence-electron chi connectivity index (χ4n) is 2.82. The van der Waals surface area contributed by atoms with Gasteiger partial charge in [0.25, 0.3) is 0 Å². The molecule has 4 heteroatoms. The standard InChI is InChI=1S/C15H24FN3/c1-18-7-5-12(6-8-18)11-19(2)15-4-3-14(16)9-13(15)10-17/h3-4,9,12H,5-8,10-11,17H2,1-2H3. The minimum Gasteiger partial charge on any atom is -0.374 e. The Morgan fingerprint density at radius 2 is 2.05 bits per heavy atom. The smallest absolute Gasteiger partial charge is 0.123 e. The molecule has 19 heavy (non-hydrogen) atoms. The fourth-order valence-corrected chi connectivity index (χ4v) is 2.82. The van der Waals surface area contributed by atoms with Gasteiger partial charge in [-0.15, -0.1) is 0 Å². The SMILES string of the molecule is CN1CCC(CN(C)c2ccc(F)cc2CN)CC1. The maximum absolute atomic E-state index is 13.2. The molecule has 3 nitrogen and oxygen atoms in total. The summed E-state index contributed by atoms with van der Waals surface area (Å²) in [5.41, 5.74) is 7.65. The maximum atomic E-state index is 13.2. The number of hydrogen-bond acceptors (Lipinski definition) is 3. The fraction of sp³-hybridized carbons (Fsp3) is 0.600. The van der Waals surface area contributed by atoms with Crippen molar-refractivity contribution in [2.75, 3.05) is 38.6 Å². The number of piperidine rings is 1. The molecule has 106 valence electrons. The van der Waals surface area contributed by atoms with Gasteiger partial charge in [-0.2, -0.15) is 0 Å². The van der Waals surface area contributed by atoms with E-state index in [1.807, 2.05) is 6.07 Å². The van der Waals surface area contributed by atoms with Gasteiger partial charge in [-0.1, -0.05) is 0 Å². The molecule has 0 aromatic heterocycles. The van der Waals surface area contributed by atoms with E-state index in [4.69, 9.17) is 5.73 Å². The van der Waals surface area contributed by atoms with Crippen molar-refractivity contribution < 1.29 is 4.39 Å². The highest BCUT2D eigenvalue weighted by Gasteiger charge is 2.19. The second-order valence-electron chi connectivity index (χ2n) is 5.60. The zero-order chi connectivity index (χ0) is 13.8. The second kappa shape index (κ2) is 6.35. The first-order valence-electron chi connectivity index (χ1n) is 6.98. The number of halogens is 1. The van der Waals surface area contributed by atoms with Gasteiger partial charge in [-0.25, -0.2) is 4.39 Å². The first-order valence-corrected chi connectivity index (χ1v) is 6.98. The zero-order valence-corrected chi connectivity index (χ0v) is 11.9. The lowest BCUT2D eigenvalue weighted by atomic mass is 9.96. The highest BCUT2D eigenvalue weighted by Crippen LogP contribution is 2.24. The van der Waals surface area contributed by atoms with Crippen molar-refractivity contribution in [1.82, 2.24) is 4.90 Å². The summed E-state index contributed by atoms with van der Waals surface area (Å²) >= 11 is 0. The lowest BCUT2D eigenvalue weighted by Crippen LogP contribution is -2.36. The van der Waals surface area contributed by atoms with E-state index in [0.717, 1.165) is 23.7 Å². The molecule has 2 rings (SSSR count). The third-order valence-corrected chi connectivity index (χ3v) is 4.04. The number of nitrogens with two attached hydrogens (primary N) is 1. The van der Waals surface area contributed by atoms with Crippen molar-refractivity contribution in [3.8, 4) is 0 Å². The Labute approximate surface area is 115 Å². The predicted molar refractivity (Wildman–Crippen MR) is 77.8 cm³/mol. The lowest BCUT2D eigenvalue weighted by Gasteiger charge is -2.33. The number of rotatable bonds is 4. The molecule has 2 N–H and O–H groups in total. The minimum absolute atomic E-state index is 0.211. The van der Waals surface area contributed by atoms with Crippen molar-refractivity contribution in [3.05, 3.63) is 29.6 Å². The summed E-state index contributed by atoms with van der Waals surface area (Å²) in [4.78, 5) is 4.59. The first kappa shape index (κ1) is 14.3. The molecule has 1 saturated heterocycles. The van der Waals surface area contributed by atoms with Crippen molar-refractivity contribution >= 4 is 5.69 Å². The predicted octanol–water partition coefficient (Wildman–Crippen LogP) is 2.06. The Morgan fingerprint density at radius 1 is 1.37 bits per heavy atom. The lowest BCUT2D eigenvalue weighted by molar-refractivity contribution is 0.222. The van der Waals surface area contributed by atoms with Gasteiger partial charge < -0.3 is 15.5 Å². The third-order valence-electron chi connectivity index (χ3n) is 4.04. The van der Waals surface area contributed by atoms with Gasteiger partial charge in [0.05, 0.1) is 0 Å². The second-order valence-corrected chi connectivity index (χ2v) is 5.60. The van der Waals surface area contributed by atoms with Crippen LogP contribution in [0.25, 0.3) is 0 Å². The molecule has 0 atom stereocenters. The van der Waals surface area contributed by atoms with Crippen molar-refractivity contribution in [1.29, 1.82) is 0 Å². The van der Waals surface area contributed by atoms with Crippen LogP contribution >= 0.6 is 0 Å². The highest BCUT2D eigenvalue weighted by molar-refractivity contribution is 5.53. The van der Waals surface area contributed by atoms with E-state index in [1.54, 1.807) is 6.07 Å². The maximum Gasteiger partial charge on any atom is 0.123 e. The topological polar surface area (TPSA) is 32.5 Å². The molecule has 1 aromatic rings. The molecule has 1 fully saturated rings. The molecule has 1 aliphatic heterocycles. The largest absolute Gasteiger partial charge is 0.374 e. The number of hydrogen-bond donors (Lipinski definition) is 1. The Morgan fingerprint density at radius 3 is 2.68 bits per heavy atom. The molecular formula is C15H24FN3. The van der Waals surface area contributed by atoms with Gasteiger partial charge in [-0.3, -0.25) is 0 Å². The summed E-state index contributed by atoms with van der Waals surface area (Å²) in [7, 11) is 4.25. The molecule has 0 bridgehead atoms. The van der Waals surface area contributed by atoms with E-state index in [2.05, 4.69) is 23.9 Å². The van der Waals surface area contributed by atoms with Crippen molar-refractivity contribution in [2.24, 2.45) is 11.7 Å². The summed E-state index contributed by atoms with van der Waals surface area (Å²) in [6.07, 6.45) is 2.47. The van der Waals surface area contributed by atoms with Gasteiger partial charge in [0.2, 0.25) is 0 Å². The van der Waals surface area contributed by atoms with Crippen LogP contribution in [0.5, 0.6) is 0 Å². The molecule has 0 spiro atoms. The molecule has 1 aromatic carbocycles. The zero-order valence-electron chi connectivity index (χ0n) is 11.9. The number of nitrogens with zero attached hydrogens (tertiary/aromatic N) is 2. The average Bonchev–Trinajstić information content (AvgIpc) is 2.41. The Kier molecular flexibility index (Phi) is 4.77. The van der Waals surface area contributed by atoms with E-state index >= 15 is 0 Å². The molecule has 1 aliphatic rings. The van der Waals surface area contributed by atoms with Crippen LogP contribution < -0.4 is 10.6 Å². The van der Waals surface area contributed by atoms with Crippen LogP contribution in [0.3, 0.4) is 0 Å². The van der Waals surface area contributed by atoms with Gasteiger partial charge in [0, 0.05) is 25.8 Å². The van der Waals surface area contributed by atoms with Crippen LogP contribution in [0, 0.1) is 11.7 Å². The molecule has 0 aliphatic carbocycles. The quantitative estimate of drug-likeness (QED) is 0.904. The number of likely N-dealkylation sites (tertiary alicyclic amines) is 1. The van der Waals surface area contributed by atoms with Crippen LogP contribution in [0.4, 0.5) is 10.1 Å². The highest BCUT2D eigenvalue weighted by atomic mass is 19.1. The molecule has 0 amide bonds. The number of anilines is 1. The summed E-state index contributed by atoms with van der Waals surface area (Å²) in [6, 6.07) is 4.90. The average molecular weight is 265 g/mol. The van der Waals surface area contributed by atoms with Gasteiger partial charge >= 0.3 is 0 Å².